The average Bonchev–Trinajstić information content (AvgIpc) is 2.86. The summed E-state index contributed by atoms with van der Waals surface area (Å²) in [6.07, 6.45) is 6.07. The number of halogens is 1. The van der Waals surface area contributed by atoms with Crippen molar-refractivity contribution >= 4 is 11.6 Å². The average molecular weight is 430 g/mol. The van der Waals surface area contributed by atoms with Crippen molar-refractivity contribution in [3.05, 3.63) is 40.5 Å². The van der Waals surface area contributed by atoms with Gasteiger partial charge in [0.1, 0.15) is 12.0 Å². The molecule has 1 aliphatic carbocycles. The monoisotopic (exact) mass is 429 g/mol. The highest BCUT2D eigenvalue weighted by molar-refractivity contribution is 5.99. The highest BCUT2D eigenvalue weighted by atomic mass is 19.1. The molecular weight excluding hydrogens is 397 g/mol. The molecule has 0 saturated carbocycles. The summed E-state index contributed by atoms with van der Waals surface area (Å²) >= 11 is 0. The van der Waals surface area contributed by atoms with Crippen LogP contribution in [-0.2, 0) is 24.1 Å². The van der Waals surface area contributed by atoms with E-state index in [1.807, 2.05) is 4.68 Å². The molecule has 1 aromatic carbocycles. The summed E-state index contributed by atoms with van der Waals surface area (Å²) in [6.45, 7) is 7.34. The fraction of sp³-hybridized carbons (Fsp3) is 0.565. The molecule has 1 fully saturated rings. The molecule has 0 bridgehead atoms. The van der Waals surface area contributed by atoms with Gasteiger partial charge in [0.05, 0.1) is 22.6 Å². The molecule has 1 saturated heterocycles. The summed E-state index contributed by atoms with van der Waals surface area (Å²) in [5, 5.41) is 8.00. The van der Waals surface area contributed by atoms with Gasteiger partial charge in [-0.25, -0.2) is 14.6 Å². The molecule has 2 aliphatic rings. The van der Waals surface area contributed by atoms with Gasteiger partial charge in [0.2, 0.25) is 0 Å². The minimum absolute atomic E-state index is 0.155. The van der Waals surface area contributed by atoms with Crippen LogP contribution in [0.3, 0.4) is 0 Å². The van der Waals surface area contributed by atoms with Crippen LogP contribution < -0.4 is 16.5 Å². The van der Waals surface area contributed by atoms with E-state index in [0.29, 0.717) is 11.4 Å². The zero-order chi connectivity index (χ0) is 22.2. The third kappa shape index (κ3) is 4.45. The van der Waals surface area contributed by atoms with E-state index >= 15 is 4.39 Å². The Morgan fingerprint density at radius 2 is 2.23 bits per heavy atom. The van der Waals surface area contributed by atoms with Crippen LogP contribution in [0, 0.1) is 11.2 Å². The van der Waals surface area contributed by atoms with Crippen molar-refractivity contribution < 1.29 is 14.0 Å². The third-order valence-electron chi connectivity index (χ3n) is 6.31. The van der Waals surface area contributed by atoms with Gasteiger partial charge in [-0.15, -0.1) is 0 Å². The van der Waals surface area contributed by atoms with E-state index in [1.54, 1.807) is 6.07 Å². The van der Waals surface area contributed by atoms with Crippen LogP contribution in [0.4, 0.5) is 10.1 Å². The first-order valence-electron chi connectivity index (χ1n) is 11.2. The summed E-state index contributed by atoms with van der Waals surface area (Å²) in [4.78, 5) is 17.6. The first kappa shape index (κ1) is 21.8. The van der Waals surface area contributed by atoms with E-state index in [9.17, 15) is 4.79 Å². The second kappa shape index (κ2) is 8.59. The van der Waals surface area contributed by atoms with Crippen molar-refractivity contribution in [2.45, 2.75) is 71.9 Å². The minimum atomic E-state index is -0.814. The number of primary amides is 1. The Morgan fingerprint density at radius 1 is 1.42 bits per heavy atom. The molecular formula is C23H32FN5O2. The maximum absolute atomic E-state index is 15.1. The predicted molar refractivity (Wildman–Crippen MR) is 118 cm³/mol. The number of aryl methyl sites for hydroxylation is 1. The van der Waals surface area contributed by atoms with E-state index in [4.69, 9.17) is 15.7 Å². The van der Waals surface area contributed by atoms with E-state index < -0.39 is 11.7 Å². The van der Waals surface area contributed by atoms with Gasteiger partial charge >= 0.3 is 0 Å². The molecule has 1 unspecified atom stereocenters. The number of hydrogen-bond donors (Lipinski definition) is 3. The Hall–Kier alpha value is -2.45. The highest BCUT2D eigenvalue weighted by Crippen LogP contribution is 2.38. The zero-order valence-corrected chi connectivity index (χ0v) is 18.6. The molecule has 0 spiro atoms. The number of nitrogens with two attached hydrogens (primary N) is 1. The minimum Gasteiger partial charge on any atom is -0.365 e. The molecule has 2 aromatic rings. The molecule has 168 valence electrons. The Morgan fingerprint density at radius 3 is 2.97 bits per heavy atom. The lowest BCUT2D eigenvalue weighted by molar-refractivity contribution is -0.00120. The third-order valence-corrected chi connectivity index (χ3v) is 6.31. The Balaban J connectivity index is 1.78. The quantitative estimate of drug-likeness (QED) is 0.675. The standard InChI is InChI=1S/C23H32FN5O2/c1-4-17-15-8-9-23(2,3)13-19(15)29(28-17)14-11-16(24)21(22(25)30)18(12-14)27-20-7-5-6-10-26-31-20/h11-12,20,26-27H,4-10,13H2,1-3H3,(H2,25,30). The molecule has 1 amide bonds. The van der Waals surface area contributed by atoms with Crippen molar-refractivity contribution in [3.8, 4) is 5.69 Å². The fourth-order valence-corrected chi connectivity index (χ4v) is 4.61. The predicted octanol–water partition coefficient (Wildman–Crippen LogP) is 3.63. The number of fused-ring (bicyclic) bond motifs is 1. The largest absolute Gasteiger partial charge is 0.365 e. The topological polar surface area (TPSA) is 94.2 Å². The zero-order valence-electron chi connectivity index (χ0n) is 18.6. The SMILES string of the molecule is CCc1nn(-c2cc(F)c(C(N)=O)c(NC3CCCCNO3)c2)c2c1CCC(C)(C)C2. The first-order chi connectivity index (χ1) is 14.8. The summed E-state index contributed by atoms with van der Waals surface area (Å²) in [6, 6.07) is 3.11. The van der Waals surface area contributed by atoms with Gasteiger partial charge in [0.15, 0.2) is 0 Å². The van der Waals surface area contributed by atoms with E-state index in [1.165, 1.54) is 11.6 Å². The normalized spacial score (nSPS) is 20.7. The molecule has 1 atom stereocenters. The Bertz CT molecular complexity index is 977. The fourth-order valence-electron chi connectivity index (χ4n) is 4.61. The van der Waals surface area contributed by atoms with Crippen molar-refractivity contribution in [2.24, 2.45) is 11.1 Å². The molecule has 4 rings (SSSR count). The van der Waals surface area contributed by atoms with Gasteiger partial charge in [0.25, 0.3) is 5.91 Å². The smallest absolute Gasteiger partial charge is 0.253 e. The van der Waals surface area contributed by atoms with Crippen LogP contribution in [0.15, 0.2) is 12.1 Å². The Labute approximate surface area is 182 Å². The number of nitrogens with zero attached hydrogens (tertiary/aromatic N) is 2. The van der Waals surface area contributed by atoms with Gasteiger partial charge in [-0.3, -0.25) is 9.63 Å². The van der Waals surface area contributed by atoms with Gasteiger partial charge in [-0.1, -0.05) is 20.8 Å². The van der Waals surface area contributed by atoms with Crippen molar-refractivity contribution in [2.75, 3.05) is 11.9 Å². The number of carbonyl (C=O) groups is 1. The summed E-state index contributed by atoms with van der Waals surface area (Å²) in [5.74, 6) is -1.47. The molecule has 8 heteroatoms. The van der Waals surface area contributed by atoms with Crippen molar-refractivity contribution in [1.82, 2.24) is 15.3 Å². The second-order valence-corrected chi connectivity index (χ2v) is 9.33. The van der Waals surface area contributed by atoms with Crippen molar-refractivity contribution in [3.63, 3.8) is 0 Å². The first-order valence-corrected chi connectivity index (χ1v) is 11.2. The molecule has 1 aromatic heterocycles. The summed E-state index contributed by atoms with van der Waals surface area (Å²) < 4.78 is 17.0. The molecule has 2 heterocycles. The number of hydroxylamine groups is 1. The second-order valence-electron chi connectivity index (χ2n) is 9.33. The molecule has 7 nitrogen and oxygen atoms in total. The lowest BCUT2D eigenvalue weighted by Gasteiger charge is -2.30. The highest BCUT2D eigenvalue weighted by Gasteiger charge is 2.31. The molecule has 31 heavy (non-hydrogen) atoms. The lowest BCUT2D eigenvalue weighted by atomic mass is 9.76. The number of aromatic nitrogens is 2. The number of nitrogens with one attached hydrogen (secondary N) is 2. The van der Waals surface area contributed by atoms with E-state index in [0.717, 1.165) is 62.9 Å². The molecule has 4 N–H and O–H groups in total. The van der Waals surface area contributed by atoms with E-state index in [-0.39, 0.29) is 17.2 Å². The summed E-state index contributed by atoms with van der Waals surface area (Å²) in [7, 11) is 0. The number of anilines is 1. The van der Waals surface area contributed by atoms with Crippen LogP contribution in [0.1, 0.15) is 73.8 Å². The number of benzene rings is 1. The van der Waals surface area contributed by atoms with Crippen LogP contribution in [0.25, 0.3) is 5.69 Å². The maximum atomic E-state index is 15.1. The number of rotatable bonds is 5. The van der Waals surface area contributed by atoms with Crippen LogP contribution >= 0.6 is 0 Å². The van der Waals surface area contributed by atoms with Crippen molar-refractivity contribution in [1.29, 1.82) is 0 Å². The number of hydrogen-bond acceptors (Lipinski definition) is 5. The van der Waals surface area contributed by atoms with Gasteiger partial charge in [-0.2, -0.15) is 5.10 Å². The van der Waals surface area contributed by atoms with Crippen LogP contribution in [-0.4, -0.2) is 28.5 Å². The number of amides is 1. The van der Waals surface area contributed by atoms with Gasteiger partial charge in [-0.05, 0) is 62.0 Å². The molecule has 1 aliphatic heterocycles. The number of carbonyl (C=O) groups excluding carboxylic acids is 1. The lowest BCUT2D eigenvalue weighted by Crippen LogP contribution is -2.30. The molecule has 0 radical (unpaired) electrons. The van der Waals surface area contributed by atoms with E-state index in [2.05, 4.69) is 31.6 Å². The van der Waals surface area contributed by atoms with Crippen LogP contribution in [0.5, 0.6) is 0 Å². The maximum Gasteiger partial charge on any atom is 0.253 e. The van der Waals surface area contributed by atoms with Gasteiger partial charge < -0.3 is 11.1 Å². The summed E-state index contributed by atoms with van der Waals surface area (Å²) in [5.41, 5.74) is 12.8. The Kier molecular flexibility index (Phi) is 6.03. The van der Waals surface area contributed by atoms with Crippen LogP contribution in [0.2, 0.25) is 0 Å². The van der Waals surface area contributed by atoms with Gasteiger partial charge in [0, 0.05) is 18.3 Å².